The van der Waals surface area contributed by atoms with Crippen LogP contribution in [0.4, 0.5) is 11.4 Å². The van der Waals surface area contributed by atoms with E-state index in [4.69, 9.17) is 4.74 Å². The average Bonchev–Trinajstić information content (AvgIpc) is 2.87. The van der Waals surface area contributed by atoms with Crippen molar-refractivity contribution in [1.82, 2.24) is 4.98 Å². The predicted octanol–water partition coefficient (Wildman–Crippen LogP) is 3.54. The first-order chi connectivity index (χ1) is 11.1. The number of benzene rings is 2. The lowest BCUT2D eigenvalue weighted by Gasteiger charge is -2.03. The van der Waals surface area contributed by atoms with Crippen LogP contribution in [-0.2, 0) is 0 Å². The van der Waals surface area contributed by atoms with E-state index >= 15 is 0 Å². The van der Waals surface area contributed by atoms with Gasteiger partial charge in [-0.05, 0) is 12.1 Å². The molecule has 7 heteroatoms. The molecule has 3 aromatic rings. The Morgan fingerprint density at radius 3 is 2.83 bits per heavy atom. The second-order valence-electron chi connectivity index (χ2n) is 4.80. The van der Waals surface area contributed by atoms with Crippen molar-refractivity contribution in [2.45, 2.75) is 0 Å². The van der Waals surface area contributed by atoms with Crippen LogP contribution in [-0.4, -0.2) is 28.3 Å². The zero-order chi connectivity index (χ0) is 16.4. The Hall–Kier alpha value is -3.35. The highest BCUT2D eigenvalue weighted by Gasteiger charge is 2.12. The lowest BCUT2D eigenvalue weighted by molar-refractivity contribution is -0.384. The Bertz CT molecular complexity index is 915. The maximum atomic E-state index is 10.9. The van der Waals surface area contributed by atoms with Gasteiger partial charge in [0.05, 0.1) is 17.6 Å². The van der Waals surface area contributed by atoms with E-state index in [2.05, 4.69) is 9.98 Å². The fourth-order valence-corrected chi connectivity index (χ4v) is 2.31. The number of hydrogen-bond donors (Lipinski definition) is 2. The summed E-state index contributed by atoms with van der Waals surface area (Å²) >= 11 is 0. The number of ether oxygens (including phenoxy) is 1. The summed E-state index contributed by atoms with van der Waals surface area (Å²) in [6.07, 6.45) is 1.45. The number of methoxy groups -OCH3 is 1. The lowest BCUT2D eigenvalue weighted by atomic mass is 10.2. The van der Waals surface area contributed by atoms with E-state index in [9.17, 15) is 15.2 Å². The van der Waals surface area contributed by atoms with Crippen molar-refractivity contribution >= 4 is 28.5 Å². The van der Waals surface area contributed by atoms with Crippen LogP contribution in [0.1, 0.15) is 5.56 Å². The Morgan fingerprint density at radius 2 is 2.09 bits per heavy atom. The van der Waals surface area contributed by atoms with Crippen LogP contribution in [0.3, 0.4) is 0 Å². The summed E-state index contributed by atoms with van der Waals surface area (Å²) in [6.45, 7) is 0. The van der Waals surface area contributed by atoms with Gasteiger partial charge in [0.1, 0.15) is 11.4 Å². The third-order valence-electron chi connectivity index (χ3n) is 3.43. The number of aromatic hydroxyl groups is 1. The number of rotatable bonds is 4. The number of nitro benzene ring substituents is 1. The van der Waals surface area contributed by atoms with Crippen LogP contribution in [0.5, 0.6) is 11.6 Å². The molecule has 0 aliphatic rings. The number of para-hydroxylation sites is 1. The highest BCUT2D eigenvalue weighted by Crippen LogP contribution is 2.32. The minimum Gasteiger partial charge on any atom is -0.494 e. The van der Waals surface area contributed by atoms with Gasteiger partial charge in [-0.25, -0.2) is 0 Å². The molecule has 7 nitrogen and oxygen atoms in total. The zero-order valence-corrected chi connectivity index (χ0v) is 12.2. The maximum absolute atomic E-state index is 10.9. The van der Waals surface area contributed by atoms with Gasteiger partial charge in [-0.2, -0.15) is 0 Å². The Balaban J connectivity index is 2.06. The van der Waals surface area contributed by atoms with Crippen molar-refractivity contribution in [3.63, 3.8) is 0 Å². The van der Waals surface area contributed by atoms with Gasteiger partial charge in [-0.3, -0.25) is 15.1 Å². The second-order valence-corrected chi connectivity index (χ2v) is 4.80. The summed E-state index contributed by atoms with van der Waals surface area (Å²) in [5.41, 5.74) is 1.51. The molecule has 0 spiro atoms. The molecule has 116 valence electrons. The molecule has 0 fully saturated rings. The van der Waals surface area contributed by atoms with Gasteiger partial charge >= 0.3 is 0 Å². The number of hydrogen-bond acceptors (Lipinski definition) is 5. The minimum absolute atomic E-state index is 0.0145. The largest absolute Gasteiger partial charge is 0.494 e. The number of aliphatic imine (C=N–C) groups is 1. The summed E-state index contributed by atoms with van der Waals surface area (Å²) in [6, 6.07) is 11.5. The van der Waals surface area contributed by atoms with Gasteiger partial charge in [0.15, 0.2) is 5.88 Å². The lowest BCUT2D eigenvalue weighted by Crippen LogP contribution is -1.90. The molecule has 3 rings (SSSR count). The molecule has 0 atom stereocenters. The number of nitrogens with zero attached hydrogens (tertiary/aromatic N) is 2. The van der Waals surface area contributed by atoms with E-state index in [1.165, 1.54) is 31.5 Å². The molecule has 1 heterocycles. The molecule has 2 N–H and O–H groups in total. The third kappa shape index (κ3) is 2.71. The molecule has 0 saturated carbocycles. The fraction of sp³-hybridized carbons (Fsp3) is 0.0625. The normalized spacial score (nSPS) is 11.2. The molecule has 0 unspecified atom stereocenters. The Morgan fingerprint density at radius 1 is 1.30 bits per heavy atom. The van der Waals surface area contributed by atoms with Gasteiger partial charge in [-0.15, -0.1) is 0 Å². The molecule has 0 bridgehead atoms. The molecule has 0 aliphatic heterocycles. The summed E-state index contributed by atoms with van der Waals surface area (Å²) in [5, 5.41) is 21.7. The van der Waals surface area contributed by atoms with Crippen LogP contribution in [0.25, 0.3) is 10.9 Å². The van der Waals surface area contributed by atoms with E-state index in [1.807, 2.05) is 24.3 Å². The Kier molecular flexibility index (Phi) is 3.68. The van der Waals surface area contributed by atoms with Gasteiger partial charge in [0.2, 0.25) is 0 Å². The molecule has 0 aliphatic carbocycles. The SMILES string of the molecule is COc1ccc([N+](=O)[O-])cc1N=Cc1c(O)[nH]c2ccccc12. The van der Waals surface area contributed by atoms with E-state index in [1.54, 1.807) is 0 Å². The van der Waals surface area contributed by atoms with Crippen molar-refractivity contribution in [3.05, 3.63) is 58.1 Å². The third-order valence-corrected chi connectivity index (χ3v) is 3.43. The molecular weight excluding hydrogens is 298 g/mol. The van der Waals surface area contributed by atoms with Crippen LogP contribution in [0.2, 0.25) is 0 Å². The first-order valence-corrected chi connectivity index (χ1v) is 6.76. The van der Waals surface area contributed by atoms with Gasteiger partial charge in [-0.1, -0.05) is 18.2 Å². The van der Waals surface area contributed by atoms with Crippen LogP contribution < -0.4 is 4.74 Å². The zero-order valence-electron chi connectivity index (χ0n) is 12.2. The smallest absolute Gasteiger partial charge is 0.271 e. The highest BCUT2D eigenvalue weighted by atomic mass is 16.6. The van der Waals surface area contributed by atoms with Gasteiger partial charge in [0, 0.05) is 29.3 Å². The van der Waals surface area contributed by atoms with Crippen LogP contribution in [0.15, 0.2) is 47.5 Å². The molecule has 0 saturated heterocycles. The van der Waals surface area contributed by atoms with Crippen LogP contribution >= 0.6 is 0 Å². The van der Waals surface area contributed by atoms with Gasteiger partial charge in [0.25, 0.3) is 5.69 Å². The topological polar surface area (TPSA) is 101 Å². The monoisotopic (exact) mass is 311 g/mol. The number of H-pyrrole nitrogens is 1. The van der Waals surface area contributed by atoms with Crippen molar-refractivity contribution in [1.29, 1.82) is 0 Å². The number of fused-ring (bicyclic) bond motifs is 1. The number of nitro groups is 1. The van der Waals surface area contributed by atoms with Crippen molar-refractivity contribution in [2.24, 2.45) is 4.99 Å². The Labute approximate surface area is 131 Å². The van der Waals surface area contributed by atoms with E-state index in [0.29, 0.717) is 17.0 Å². The molecule has 0 amide bonds. The summed E-state index contributed by atoms with van der Waals surface area (Å²) in [7, 11) is 1.46. The predicted molar refractivity (Wildman–Crippen MR) is 86.9 cm³/mol. The molecular formula is C16H13N3O4. The second kappa shape index (κ2) is 5.80. The van der Waals surface area contributed by atoms with Crippen molar-refractivity contribution < 1.29 is 14.8 Å². The first-order valence-electron chi connectivity index (χ1n) is 6.76. The molecule has 23 heavy (non-hydrogen) atoms. The van der Waals surface area contributed by atoms with E-state index in [-0.39, 0.29) is 11.6 Å². The fourth-order valence-electron chi connectivity index (χ4n) is 2.31. The minimum atomic E-state index is -0.498. The first kappa shape index (κ1) is 14.6. The summed E-state index contributed by atoms with van der Waals surface area (Å²) in [4.78, 5) is 17.5. The average molecular weight is 311 g/mol. The number of nitrogens with one attached hydrogen (secondary N) is 1. The van der Waals surface area contributed by atoms with Crippen molar-refractivity contribution in [2.75, 3.05) is 7.11 Å². The standard InChI is InChI=1S/C16H13N3O4/c1-23-15-7-6-10(19(21)22)8-14(15)17-9-12-11-4-2-3-5-13(11)18-16(12)20/h2-9,18,20H,1H3. The molecule has 2 aromatic carbocycles. The maximum Gasteiger partial charge on any atom is 0.271 e. The summed E-state index contributed by atoms with van der Waals surface area (Å²) < 4.78 is 5.16. The quantitative estimate of drug-likeness (QED) is 0.437. The van der Waals surface area contributed by atoms with E-state index < -0.39 is 4.92 Å². The van der Waals surface area contributed by atoms with E-state index in [0.717, 1.165) is 10.9 Å². The summed E-state index contributed by atoms with van der Waals surface area (Å²) in [5.74, 6) is 0.394. The highest BCUT2D eigenvalue weighted by molar-refractivity contribution is 6.02. The van der Waals surface area contributed by atoms with Crippen LogP contribution in [0, 0.1) is 10.1 Å². The van der Waals surface area contributed by atoms with Crippen molar-refractivity contribution in [3.8, 4) is 11.6 Å². The number of aromatic nitrogens is 1. The number of aromatic amines is 1. The molecule has 0 radical (unpaired) electrons. The molecule has 1 aromatic heterocycles. The number of non-ortho nitro benzene ring substituents is 1. The van der Waals surface area contributed by atoms with Gasteiger partial charge < -0.3 is 14.8 Å².